The summed E-state index contributed by atoms with van der Waals surface area (Å²) in [6, 6.07) is 0. The van der Waals surface area contributed by atoms with E-state index in [1.54, 1.807) is 11.0 Å². The monoisotopic (exact) mass is 190 g/mol. The van der Waals surface area contributed by atoms with Gasteiger partial charge in [0, 0.05) is 6.21 Å². The number of rotatable bonds is 3. The standard InChI is InChI=1S/C10H14N4/c1-7(2)8(3)13-14-6-12-9(4)10(14)5-11/h5-6,11H,1H2,2-4H3/b11-5?,13-8+. The first-order valence-corrected chi connectivity index (χ1v) is 4.32. The number of nitrogens with one attached hydrogen (secondary N) is 1. The molecule has 4 nitrogen and oxygen atoms in total. The van der Waals surface area contributed by atoms with E-state index >= 15 is 0 Å². The molecule has 0 atom stereocenters. The van der Waals surface area contributed by atoms with E-state index in [0.29, 0.717) is 5.69 Å². The van der Waals surface area contributed by atoms with Crippen LogP contribution in [0.15, 0.2) is 23.6 Å². The zero-order valence-corrected chi connectivity index (χ0v) is 8.70. The highest BCUT2D eigenvalue weighted by Crippen LogP contribution is 2.04. The van der Waals surface area contributed by atoms with Crippen molar-refractivity contribution >= 4 is 11.9 Å². The first kappa shape index (κ1) is 10.4. The Balaban J connectivity index is 3.14. The third kappa shape index (κ3) is 1.96. The molecular weight excluding hydrogens is 176 g/mol. The highest BCUT2D eigenvalue weighted by atomic mass is 15.4. The Hall–Kier alpha value is -1.71. The maximum absolute atomic E-state index is 7.22. The molecule has 0 radical (unpaired) electrons. The molecule has 1 heterocycles. The van der Waals surface area contributed by atoms with Crippen molar-refractivity contribution in [3.63, 3.8) is 0 Å². The minimum Gasteiger partial charge on any atom is -0.306 e. The second-order valence-corrected chi connectivity index (χ2v) is 3.17. The molecule has 4 heteroatoms. The molecule has 1 N–H and O–H groups in total. The van der Waals surface area contributed by atoms with Gasteiger partial charge in [-0.05, 0) is 26.3 Å². The molecule has 0 fully saturated rings. The number of allylic oxidation sites excluding steroid dienone is 1. The Bertz CT molecular complexity index is 398. The molecule has 74 valence electrons. The average molecular weight is 190 g/mol. The van der Waals surface area contributed by atoms with Crippen LogP contribution in [0.2, 0.25) is 0 Å². The lowest BCUT2D eigenvalue weighted by Gasteiger charge is -2.00. The SMILES string of the molecule is C=C(C)/C(C)=N/n1cnc(C)c1C=N. The summed E-state index contributed by atoms with van der Waals surface area (Å²) in [5.41, 5.74) is 3.25. The number of imidazole rings is 1. The number of aryl methyl sites for hydroxylation is 1. The van der Waals surface area contributed by atoms with E-state index in [4.69, 9.17) is 5.41 Å². The molecular formula is C10H14N4. The largest absolute Gasteiger partial charge is 0.306 e. The molecule has 0 aliphatic rings. The van der Waals surface area contributed by atoms with Gasteiger partial charge in [0.05, 0.1) is 11.4 Å². The van der Waals surface area contributed by atoms with Gasteiger partial charge < -0.3 is 5.41 Å². The average Bonchev–Trinajstić information content (AvgIpc) is 2.46. The van der Waals surface area contributed by atoms with Crippen molar-refractivity contribution in [2.24, 2.45) is 5.10 Å². The van der Waals surface area contributed by atoms with E-state index in [1.807, 2.05) is 20.8 Å². The molecule has 0 aliphatic heterocycles. The van der Waals surface area contributed by atoms with Gasteiger partial charge in [0.2, 0.25) is 0 Å². The lowest BCUT2D eigenvalue weighted by Crippen LogP contribution is -2.01. The lowest BCUT2D eigenvalue weighted by molar-refractivity contribution is 0.865. The van der Waals surface area contributed by atoms with Gasteiger partial charge in [0.25, 0.3) is 0 Å². The van der Waals surface area contributed by atoms with Crippen LogP contribution in [0, 0.1) is 12.3 Å². The topological polar surface area (TPSA) is 54.0 Å². The van der Waals surface area contributed by atoms with E-state index in [2.05, 4.69) is 16.7 Å². The van der Waals surface area contributed by atoms with Crippen molar-refractivity contribution in [1.29, 1.82) is 5.41 Å². The maximum atomic E-state index is 7.22. The van der Waals surface area contributed by atoms with E-state index < -0.39 is 0 Å². The van der Waals surface area contributed by atoms with Crippen molar-refractivity contribution in [2.75, 3.05) is 0 Å². The second-order valence-electron chi connectivity index (χ2n) is 3.17. The number of nitrogens with zero attached hydrogens (tertiary/aromatic N) is 3. The Morgan fingerprint density at radius 2 is 2.29 bits per heavy atom. The Morgan fingerprint density at radius 1 is 1.64 bits per heavy atom. The van der Waals surface area contributed by atoms with E-state index in [-0.39, 0.29) is 0 Å². The van der Waals surface area contributed by atoms with Crippen LogP contribution in [0.25, 0.3) is 0 Å². The van der Waals surface area contributed by atoms with Crippen LogP contribution in [0.3, 0.4) is 0 Å². The number of hydrogen-bond acceptors (Lipinski definition) is 3. The molecule has 0 aliphatic carbocycles. The minimum atomic E-state index is 0.700. The Kier molecular flexibility index (Phi) is 2.96. The van der Waals surface area contributed by atoms with Gasteiger partial charge in [-0.25, -0.2) is 9.66 Å². The summed E-state index contributed by atoms with van der Waals surface area (Å²) in [5, 5.41) is 11.5. The fourth-order valence-corrected chi connectivity index (χ4v) is 0.933. The predicted octanol–water partition coefficient (Wildman–Crippen LogP) is 1.99. The van der Waals surface area contributed by atoms with E-state index in [9.17, 15) is 0 Å². The fourth-order valence-electron chi connectivity index (χ4n) is 0.933. The molecule has 0 unspecified atom stereocenters. The van der Waals surface area contributed by atoms with Crippen LogP contribution >= 0.6 is 0 Å². The molecule has 0 bridgehead atoms. The zero-order valence-electron chi connectivity index (χ0n) is 8.70. The van der Waals surface area contributed by atoms with E-state index in [1.165, 1.54) is 6.21 Å². The Labute approximate surface area is 83.5 Å². The summed E-state index contributed by atoms with van der Waals surface area (Å²) in [7, 11) is 0. The van der Waals surface area contributed by atoms with Crippen molar-refractivity contribution in [3.8, 4) is 0 Å². The summed E-state index contributed by atoms with van der Waals surface area (Å²) < 4.78 is 1.59. The predicted molar refractivity (Wildman–Crippen MR) is 58.2 cm³/mol. The van der Waals surface area contributed by atoms with Gasteiger partial charge in [-0.1, -0.05) is 6.58 Å². The molecule has 1 rings (SSSR count). The normalized spacial score (nSPS) is 11.5. The van der Waals surface area contributed by atoms with Gasteiger partial charge in [-0.3, -0.25) is 0 Å². The zero-order chi connectivity index (χ0) is 10.7. The summed E-state index contributed by atoms with van der Waals surface area (Å²) in [5.74, 6) is 0. The van der Waals surface area contributed by atoms with Gasteiger partial charge in [-0.15, -0.1) is 0 Å². The molecule has 0 saturated heterocycles. The van der Waals surface area contributed by atoms with Gasteiger partial charge in [0.15, 0.2) is 0 Å². The fraction of sp³-hybridized carbons (Fsp3) is 0.300. The minimum absolute atomic E-state index is 0.700. The third-order valence-corrected chi connectivity index (χ3v) is 1.99. The van der Waals surface area contributed by atoms with Crippen LogP contribution in [0.1, 0.15) is 25.2 Å². The lowest BCUT2D eigenvalue weighted by atomic mass is 10.2. The Morgan fingerprint density at radius 3 is 2.79 bits per heavy atom. The first-order valence-electron chi connectivity index (χ1n) is 4.32. The van der Waals surface area contributed by atoms with Crippen molar-refractivity contribution < 1.29 is 0 Å². The van der Waals surface area contributed by atoms with Crippen molar-refractivity contribution in [1.82, 2.24) is 9.66 Å². The molecule has 0 aromatic carbocycles. The molecule has 1 aromatic heterocycles. The molecule has 1 aromatic rings. The number of hydrogen-bond donors (Lipinski definition) is 1. The summed E-state index contributed by atoms with van der Waals surface area (Å²) >= 11 is 0. The van der Waals surface area contributed by atoms with Crippen molar-refractivity contribution in [2.45, 2.75) is 20.8 Å². The van der Waals surface area contributed by atoms with Crippen LogP contribution in [0.4, 0.5) is 0 Å². The third-order valence-electron chi connectivity index (χ3n) is 1.99. The molecule has 0 spiro atoms. The summed E-state index contributed by atoms with van der Waals surface area (Å²) in [6.45, 7) is 9.42. The van der Waals surface area contributed by atoms with Gasteiger partial charge in [-0.2, -0.15) is 5.10 Å². The molecule has 0 amide bonds. The first-order chi connectivity index (χ1) is 6.56. The van der Waals surface area contributed by atoms with Crippen LogP contribution in [-0.4, -0.2) is 21.6 Å². The number of aromatic nitrogens is 2. The van der Waals surface area contributed by atoms with Gasteiger partial charge in [0.1, 0.15) is 12.0 Å². The van der Waals surface area contributed by atoms with Crippen LogP contribution in [0.5, 0.6) is 0 Å². The van der Waals surface area contributed by atoms with E-state index in [0.717, 1.165) is 17.0 Å². The maximum Gasteiger partial charge on any atom is 0.118 e. The molecule has 14 heavy (non-hydrogen) atoms. The highest BCUT2D eigenvalue weighted by Gasteiger charge is 2.03. The van der Waals surface area contributed by atoms with Gasteiger partial charge >= 0.3 is 0 Å². The quantitative estimate of drug-likeness (QED) is 0.728. The second kappa shape index (κ2) is 4.00. The van der Waals surface area contributed by atoms with Crippen LogP contribution in [-0.2, 0) is 0 Å². The van der Waals surface area contributed by atoms with Crippen molar-refractivity contribution in [3.05, 3.63) is 29.9 Å². The molecule has 0 saturated carbocycles. The van der Waals surface area contributed by atoms with Crippen LogP contribution < -0.4 is 0 Å². The summed E-state index contributed by atoms with van der Waals surface area (Å²) in [4.78, 5) is 4.07. The smallest absolute Gasteiger partial charge is 0.118 e. The summed E-state index contributed by atoms with van der Waals surface area (Å²) in [6.07, 6.45) is 2.85. The highest BCUT2D eigenvalue weighted by molar-refractivity contribution is 5.97.